The van der Waals surface area contributed by atoms with Crippen LogP contribution in [0.15, 0.2) is 251 Å². The number of fused-ring (bicyclic) bond motifs is 14. The lowest BCUT2D eigenvalue weighted by molar-refractivity contribution is 0.672. The fraction of sp³-hybridized carbons (Fsp3) is 0. The summed E-state index contributed by atoms with van der Waals surface area (Å²) in [6.45, 7) is 0. The van der Waals surface area contributed by atoms with Gasteiger partial charge < -0.3 is 18.0 Å². The van der Waals surface area contributed by atoms with Gasteiger partial charge in [-0.2, -0.15) is 5.26 Å². The molecule has 78 heavy (non-hydrogen) atoms. The molecule has 0 bridgehead atoms. The fourth-order valence-electron chi connectivity index (χ4n) is 11.9. The predicted octanol–water partition coefficient (Wildman–Crippen LogP) is 18.1. The van der Waals surface area contributed by atoms with Crippen LogP contribution >= 0.6 is 0 Å². The highest BCUT2D eigenvalue weighted by Crippen LogP contribution is 2.46. The van der Waals surface area contributed by atoms with Gasteiger partial charge in [-0.25, -0.2) is 15.0 Å². The Kier molecular flexibility index (Phi) is 9.53. The number of para-hydroxylation sites is 4. The third kappa shape index (κ3) is 6.62. The van der Waals surface area contributed by atoms with E-state index in [1.165, 1.54) is 0 Å². The van der Waals surface area contributed by atoms with Crippen molar-refractivity contribution in [2.24, 2.45) is 0 Å². The molecule has 362 valence electrons. The van der Waals surface area contributed by atoms with Crippen molar-refractivity contribution < 1.29 is 8.83 Å². The van der Waals surface area contributed by atoms with Crippen LogP contribution in [0.5, 0.6) is 0 Å². The maximum absolute atomic E-state index is 10.4. The molecule has 16 aromatic rings. The summed E-state index contributed by atoms with van der Waals surface area (Å²) in [5.41, 5.74) is 16.3. The van der Waals surface area contributed by atoms with Gasteiger partial charge in [0.05, 0.1) is 55.8 Å². The van der Waals surface area contributed by atoms with Gasteiger partial charge >= 0.3 is 0 Å². The van der Waals surface area contributed by atoms with Crippen molar-refractivity contribution in [2.45, 2.75) is 0 Å². The third-order valence-corrected chi connectivity index (χ3v) is 15.4. The summed E-state index contributed by atoms with van der Waals surface area (Å²) in [5.74, 6) is 1.71. The van der Waals surface area contributed by atoms with Crippen molar-refractivity contribution in [1.29, 1.82) is 5.26 Å². The first-order chi connectivity index (χ1) is 38.6. The molecule has 0 radical (unpaired) electrons. The van der Waals surface area contributed by atoms with Crippen LogP contribution in [0.3, 0.4) is 0 Å². The average Bonchev–Trinajstić information content (AvgIpc) is 4.47. The lowest BCUT2D eigenvalue weighted by Crippen LogP contribution is -2.02. The van der Waals surface area contributed by atoms with Crippen molar-refractivity contribution in [3.63, 3.8) is 0 Å². The summed E-state index contributed by atoms with van der Waals surface area (Å²) in [4.78, 5) is 15.5. The van der Waals surface area contributed by atoms with Gasteiger partial charge in [0.15, 0.2) is 17.5 Å². The number of rotatable bonds is 7. The highest BCUT2D eigenvalue weighted by molar-refractivity contribution is 6.25. The summed E-state index contributed by atoms with van der Waals surface area (Å²) in [6, 6.07) is 86.2. The van der Waals surface area contributed by atoms with Gasteiger partial charge in [-0.15, -0.1) is 0 Å². The highest BCUT2D eigenvalue weighted by atomic mass is 16.3. The molecule has 0 saturated carbocycles. The van der Waals surface area contributed by atoms with E-state index in [1.807, 2.05) is 103 Å². The lowest BCUT2D eigenvalue weighted by Gasteiger charge is -2.19. The molecule has 0 fully saturated rings. The first-order valence-corrected chi connectivity index (χ1v) is 26.0. The van der Waals surface area contributed by atoms with Crippen molar-refractivity contribution in [3.8, 4) is 73.9 Å². The first-order valence-electron chi connectivity index (χ1n) is 26.0. The molecule has 0 unspecified atom stereocenters. The second-order valence-corrected chi connectivity index (χ2v) is 19.8. The second kappa shape index (κ2) is 17.1. The van der Waals surface area contributed by atoms with E-state index >= 15 is 0 Å². The third-order valence-electron chi connectivity index (χ3n) is 15.4. The van der Waals surface area contributed by atoms with Crippen LogP contribution in [-0.4, -0.2) is 24.1 Å². The molecule has 5 aromatic heterocycles. The van der Waals surface area contributed by atoms with Crippen LogP contribution in [0.25, 0.3) is 155 Å². The quantitative estimate of drug-likeness (QED) is 0.158. The summed E-state index contributed by atoms with van der Waals surface area (Å²) >= 11 is 0. The van der Waals surface area contributed by atoms with Crippen LogP contribution in [-0.2, 0) is 0 Å². The molecule has 16 rings (SSSR count). The van der Waals surface area contributed by atoms with Gasteiger partial charge in [0.25, 0.3) is 0 Å². The second-order valence-electron chi connectivity index (χ2n) is 19.8. The van der Waals surface area contributed by atoms with E-state index in [0.29, 0.717) is 23.0 Å². The summed E-state index contributed by atoms with van der Waals surface area (Å²) < 4.78 is 18.2. The number of aromatic nitrogens is 5. The van der Waals surface area contributed by atoms with Crippen LogP contribution in [0.4, 0.5) is 0 Å². The first kappa shape index (κ1) is 43.5. The molecule has 0 aliphatic carbocycles. The van der Waals surface area contributed by atoms with Gasteiger partial charge in [0, 0.05) is 60.1 Å². The van der Waals surface area contributed by atoms with E-state index in [1.54, 1.807) is 0 Å². The van der Waals surface area contributed by atoms with Crippen LogP contribution in [0.1, 0.15) is 5.56 Å². The summed E-state index contributed by atoms with van der Waals surface area (Å²) in [5, 5.41) is 18.9. The number of nitrogens with zero attached hydrogens (tertiary/aromatic N) is 6. The fourth-order valence-corrected chi connectivity index (χ4v) is 11.9. The smallest absolute Gasteiger partial charge is 0.164 e. The maximum Gasteiger partial charge on any atom is 0.164 e. The number of hydrogen-bond donors (Lipinski definition) is 0. The van der Waals surface area contributed by atoms with Crippen molar-refractivity contribution >= 4 is 87.5 Å². The minimum atomic E-state index is 0.544. The summed E-state index contributed by atoms with van der Waals surface area (Å²) in [6.07, 6.45) is 0. The average molecular weight is 997 g/mol. The molecule has 0 amide bonds. The molecule has 0 aliphatic rings. The lowest BCUT2D eigenvalue weighted by atomic mass is 9.94. The Hall–Kier alpha value is -10.9. The molecular formula is C70H40N6O2. The van der Waals surface area contributed by atoms with E-state index in [2.05, 4.69) is 155 Å². The molecule has 0 saturated heterocycles. The molecule has 0 aliphatic heterocycles. The number of furan rings is 2. The molecule has 0 spiro atoms. The minimum Gasteiger partial charge on any atom is -0.455 e. The Balaban J connectivity index is 0.992. The van der Waals surface area contributed by atoms with Crippen LogP contribution in [0.2, 0.25) is 0 Å². The Morgan fingerprint density at radius 2 is 0.744 bits per heavy atom. The van der Waals surface area contributed by atoms with Crippen LogP contribution in [0, 0.1) is 11.3 Å². The van der Waals surface area contributed by atoms with E-state index in [0.717, 1.165) is 138 Å². The molecule has 5 heterocycles. The Morgan fingerprint density at radius 1 is 0.321 bits per heavy atom. The molecule has 8 nitrogen and oxygen atoms in total. The standard InChI is InChI=1S/C70H40N6O2/c71-41-42-16-15-21-45(38-42)54-39-46(30-34-58(54)75-56-26-11-7-24-52(56)64-60(75)36-32-50-48-22-9-13-28-62(48)77-66(50)64)55-40-47(70-73-68(43-17-3-1-4-18-43)72-69(74-70)44-19-5-2-6-20-44)31-35-59(55)76-57-27-12-8-25-53(57)65-61(76)37-33-51-49-23-10-14-29-63(49)78-67(51)65/h1-40H. The van der Waals surface area contributed by atoms with E-state index < -0.39 is 0 Å². The van der Waals surface area contributed by atoms with Gasteiger partial charge in [-0.05, 0) is 102 Å². The zero-order valence-corrected chi connectivity index (χ0v) is 41.6. The predicted molar refractivity (Wildman–Crippen MR) is 315 cm³/mol. The van der Waals surface area contributed by atoms with Crippen LogP contribution < -0.4 is 0 Å². The molecule has 11 aromatic carbocycles. The monoisotopic (exact) mass is 996 g/mol. The van der Waals surface area contributed by atoms with Crippen molar-refractivity contribution in [2.75, 3.05) is 0 Å². The Labute approximate surface area is 445 Å². The zero-order valence-electron chi connectivity index (χ0n) is 41.6. The van der Waals surface area contributed by atoms with Crippen molar-refractivity contribution in [1.82, 2.24) is 24.1 Å². The summed E-state index contributed by atoms with van der Waals surface area (Å²) in [7, 11) is 0. The van der Waals surface area contributed by atoms with Gasteiger partial charge in [0.1, 0.15) is 22.3 Å². The van der Waals surface area contributed by atoms with Gasteiger partial charge in [-0.1, -0.05) is 152 Å². The van der Waals surface area contributed by atoms with Gasteiger partial charge in [0.2, 0.25) is 0 Å². The topological polar surface area (TPSA) is 98.6 Å². The minimum absolute atomic E-state index is 0.544. The maximum atomic E-state index is 10.4. The van der Waals surface area contributed by atoms with Crippen molar-refractivity contribution in [3.05, 3.63) is 248 Å². The number of benzene rings is 11. The Bertz CT molecular complexity index is 5120. The zero-order chi connectivity index (χ0) is 51.4. The number of hydrogen-bond acceptors (Lipinski definition) is 6. The van der Waals surface area contributed by atoms with E-state index in [4.69, 9.17) is 23.8 Å². The number of nitriles is 1. The molecule has 0 N–H and O–H groups in total. The van der Waals surface area contributed by atoms with Gasteiger partial charge in [-0.3, -0.25) is 0 Å². The normalized spacial score (nSPS) is 11.8. The molecule has 8 heteroatoms. The van der Waals surface area contributed by atoms with E-state index in [9.17, 15) is 5.26 Å². The largest absolute Gasteiger partial charge is 0.455 e. The highest BCUT2D eigenvalue weighted by Gasteiger charge is 2.25. The Morgan fingerprint density at radius 3 is 1.27 bits per heavy atom. The van der Waals surface area contributed by atoms with E-state index in [-0.39, 0.29) is 0 Å². The SMILES string of the molecule is N#Cc1cccc(-c2cc(-c3cc(-c4nc(-c5ccccc5)nc(-c5ccccc5)n4)ccc3-n3c4ccccc4c4c5oc6ccccc6c5ccc43)ccc2-n2c3ccccc3c3c4oc5ccccc5c4ccc32)c1. The molecular weight excluding hydrogens is 957 g/mol. The molecule has 0 atom stereocenters.